The van der Waals surface area contributed by atoms with Gasteiger partial charge in [0.1, 0.15) is 23.7 Å². The predicted octanol–water partition coefficient (Wildman–Crippen LogP) is 7.50. The van der Waals surface area contributed by atoms with E-state index >= 15 is 0 Å². The molecule has 0 amide bonds. The van der Waals surface area contributed by atoms with Crippen LogP contribution in [0.4, 0.5) is 0 Å². The van der Waals surface area contributed by atoms with Crippen LogP contribution in [0.1, 0.15) is 57.9 Å². The van der Waals surface area contributed by atoms with E-state index in [0.717, 1.165) is 60.1 Å². The van der Waals surface area contributed by atoms with Crippen molar-refractivity contribution in [1.82, 2.24) is 5.32 Å². The molecule has 5 fully saturated rings. The Labute approximate surface area is 262 Å². The number of methoxy groups -OCH3 is 1. The molecule has 4 saturated carbocycles. The van der Waals surface area contributed by atoms with Gasteiger partial charge in [0.25, 0.3) is 0 Å². The van der Waals surface area contributed by atoms with Crippen LogP contribution in [0, 0.1) is 17.8 Å². The first-order chi connectivity index (χ1) is 20.5. The molecule has 1 aliphatic heterocycles. The van der Waals surface area contributed by atoms with Crippen molar-refractivity contribution in [3.63, 3.8) is 0 Å². The summed E-state index contributed by atoms with van der Waals surface area (Å²) in [6, 6.07) is 19.8. The van der Waals surface area contributed by atoms with Crippen LogP contribution in [0.5, 0.6) is 11.5 Å². The largest absolute Gasteiger partial charge is 0.487 e. The molecule has 43 heavy (non-hydrogen) atoms. The molecule has 0 spiro atoms. The van der Waals surface area contributed by atoms with E-state index in [0.29, 0.717) is 0 Å². The fourth-order valence-corrected chi connectivity index (χ4v) is 8.65. The van der Waals surface area contributed by atoms with E-state index in [1.807, 2.05) is 13.0 Å². The van der Waals surface area contributed by atoms with Gasteiger partial charge in [0.2, 0.25) is 0 Å². The highest BCUT2D eigenvalue weighted by Crippen LogP contribution is 2.62. The summed E-state index contributed by atoms with van der Waals surface area (Å²) in [7, 11) is 1.66. The second-order valence-corrected chi connectivity index (χ2v) is 13.3. The molecule has 7 heteroatoms. The second kappa shape index (κ2) is 12.9. The SMILES string of the molecule is COC(C)OCOc1cc2ccc(-c3ccccc3OC(C)C3CNCCO3)cc2cc1C12CC3CC(CC(C3)C1)C2.Cl. The number of rotatable bonds is 10. The van der Waals surface area contributed by atoms with E-state index in [1.165, 1.54) is 54.9 Å². The van der Waals surface area contributed by atoms with Crippen molar-refractivity contribution in [3.8, 4) is 22.6 Å². The van der Waals surface area contributed by atoms with Crippen molar-refractivity contribution in [2.45, 2.75) is 76.3 Å². The van der Waals surface area contributed by atoms with Crippen LogP contribution in [0.25, 0.3) is 21.9 Å². The minimum absolute atomic E-state index is 0. The zero-order chi connectivity index (χ0) is 28.7. The number of para-hydroxylation sites is 1. The highest BCUT2D eigenvalue weighted by atomic mass is 35.5. The molecule has 232 valence electrons. The van der Waals surface area contributed by atoms with Crippen LogP contribution in [-0.2, 0) is 19.6 Å². The Hall–Kier alpha value is -2.35. The van der Waals surface area contributed by atoms with Gasteiger partial charge < -0.3 is 29.0 Å². The summed E-state index contributed by atoms with van der Waals surface area (Å²) in [4.78, 5) is 0. The van der Waals surface area contributed by atoms with E-state index in [-0.39, 0.29) is 43.1 Å². The first-order valence-corrected chi connectivity index (χ1v) is 15.9. The molecule has 3 aromatic rings. The van der Waals surface area contributed by atoms with Crippen LogP contribution in [0.3, 0.4) is 0 Å². The van der Waals surface area contributed by atoms with Crippen molar-refractivity contribution in [3.05, 3.63) is 60.2 Å². The lowest BCUT2D eigenvalue weighted by Gasteiger charge is -2.57. The summed E-state index contributed by atoms with van der Waals surface area (Å²) in [5.41, 5.74) is 3.84. The third-order valence-corrected chi connectivity index (χ3v) is 10.4. The van der Waals surface area contributed by atoms with Gasteiger partial charge in [-0.05, 0) is 116 Å². The van der Waals surface area contributed by atoms with Crippen LogP contribution in [-0.4, -0.2) is 52.1 Å². The molecule has 4 bridgehead atoms. The maximum Gasteiger partial charge on any atom is 0.191 e. The van der Waals surface area contributed by atoms with Crippen LogP contribution >= 0.6 is 12.4 Å². The summed E-state index contributed by atoms with van der Waals surface area (Å²) < 4.78 is 30.0. The molecule has 5 aliphatic rings. The van der Waals surface area contributed by atoms with Crippen molar-refractivity contribution in [1.29, 1.82) is 0 Å². The van der Waals surface area contributed by atoms with E-state index in [1.54, 1.807) is 7.11 Å². The smallest absolute Gasteiger partial charge is 0.191 e. The van der Waals surface area contributed by atoms with Crippen LogP contribution in [0.2, 0.25) is 0 Å². The number of hydrogen-bond donors (Lipinski definition) is 1. The van der Waals surface area contributed by atoms with E-state index in [2.05, 4.69) is 60.8 Å². The topological polar surface area (TPSA) is 58.2 Å². The Morgan fingerprint density at radius 1 is 0.907 bits per heavy atom. The lowest BCUT2D eigenvalue weighted by molar-refractivity contribution is -0.150. The van der Waals surface area contributed by atoms with Crippen molar-refractivity contribution in [2.24, 2.45) is 17.8 Å². The Morgan fingerprint density at radius 3 is 2.35 bits per heavy atom. The lowest BCUT2D eigenvalue weighted by Crippen LogP contribution is -2.48. The molecule has 0 radical (unpaired) electrons. The van der Waals surface area contributed by atoms with E-state index in [4.69, 9.17) is 23.7 Å². The third-order valence-electron chi connectivity index (χ3n) is 10.4. The predicted molar refractivity (Wildman–Crippen MR) is 172 cm³/mol. The average molecular weight is 608 g/mol. The van der Waals surface area contributed by atoms with Gasteiger partial charge in [0.05, 0.1) is 6.61 Å². The molecular weight excluding hydrogens is 562 g/mol. The van der Waals surface area contributed by atoms with Gasteiger partial charge in [-0.3, -0.25) is 0 Å². The molecule has 3 unspecified atom stereocenters. The monoisotopic (exact) mass is 607 g/mol. The Balaban J connectivity index is 0.00000329. The van der Waals surface area contributed by atoms with Crippen LogP contribution in [0.15, 0.2) is 54.6 Å². The summed E-state index contributed by atoms with van der Waals surface area (Å²) in [5, 5.41) is 5.84. The Bertz CT molecular complexity index is 1370. The van der Waals surface area contributed by atoms with Gasteiger partial charge in [0.15, 0.2) is 13.1 Å². The Kier molecular flexibility index (Phi) is 9.23. The highest BCUT2D eigenvalue weighted by molar-refractivity contribution is 5.90. The van der Waals surface area contributed by atoms with Crippen molar-refractivity contribution >= 4 is 23.2 Å². The van der Waals surface area contributed by atoms with Gasteiger partial charge in [-0.2, -0.15) is 0 Å². The normalized spacial score (nSPS) is 29.2. The van der Waals surface area contributed by atoms with Crippen molar-refractivity contribution < 1.29 is 23.7 Å². The second-order valence-electron chi connectivity index (χ2n) is 13.3. The average Bonchev–Trinajstić information content (AvgIpc) is 3.00. The zero-order valence-electron chi connectivity index (χ0n) is 25.7. The van der Waals surface area contributed by atoms with Gasteiger partial charge in [0, 0.05) is 31.3 Å². The molecule has 6 nitrogen and oxygen atoms in total. The minimum Gasteiger partial charge on any atom is -0.487 e. The van der Waals surface area contributed by atoms with Gasteiger partial charge in [-0.25, -0.2) is 0 Å². The Morgan fingerprint density at radius 2 is 1.65 bits per heavy atom. The molecule has 3 atom stereocenters. The first kappa shape index (κ1) is 30.7. The number of morpholine rings is 1. The summed E-state index contributed by atoms with van der Waals surface area (Å²) in [6.45, 7) is 6.61. The number of benzene rings is 3. The molecule has 4 aliphatic carbocycles. The van der Waals surface area contributed by atoms with Crippen molar-refractivity contribution in [2.75, 3.05) is 33.6 Å². The number of hydrogen-bond acceptors (Lipinski definition) is 6. The molecule has 0 aromatic heterocycles. The number of nitrogens with one attached hydrogen (secondary N) is 1. The standard InChI is InChI=1S/C36H45NO5.ClH/c1-23(35-21-37-10-11-39-35)42-33-7-5-4-6-31(33)29-9-8-28-17-34(41-22-40-24(2)38-3)32(16-30(28)15-29)36-18-25-12-26(19-36)14-27(13-25)20-36;/h4-9,15-17,23-27,35,37H,10-14,18-22H2,1-3H3;1H. The quantitative estimate of drug-likeness (QED) is 0.241. The van der Waals surface area contributed by atoms with Crippen LogP contribution < -0.4 is 14.8 Å². The zero-order valence-corrected chi connectivity index (χ0v) is 26.5. The molecular formula is C36H46ClNO5. The van der Waals surface area contributed by atoms with E-state index < -0.39 is 0 Å². The number of fused-ring (bicyclic) bond motifs is 1. The molecule has 1 saturated heterocycles. The first-order valence-electron chi connectivity index (χ1n) is 15.9. The maximum absolute atomic E-state index is 6.52. The summed E-state index contributed by atoms with van der Waals surface area (Å²) in [6.07, 6.45) is 7.77. The lowest BCUT2D eigenvalue weighted by atomic mass is 9.48. The minimum atomic E-state index is -0.304. The van der Waals surface area contributed by atoms with Gasteiger partial charge in [-0.1, -0.05) is 30.3 Å². The van der Waals surface area contributed by atoms with E-state index in [9.17, 15) is 0 Å². The molecule has 1 N–H and O–H groups in total. The third kappa shape index (κ3) is 6.27. The number of halogens is 1. The highest BCUT2D eigenvalue weighted by Gasteiger charge is 2.52. The fourth-order valence-electron chi connectivity index (χ4n) is 8.65. The number of ether oxygens (including phenoxy) is 5. The maximum atomic E-state index is 6.52. The molecule has 1 heterocycles. The molecule has 8 rings (SSSR count). The molecule has 3 aromatic carbocycles. The summed E-state index contributed by atoms with van der Waals surface area (Å²) >= 11 is 0. The van der Waals surface area contributed by atoms with Gasteiger partial charge in [-0.15, -0.1) is 12.4 Å². The van der Waals surface area contributed by atoms with Gasteiger partial charge >= 0.3 is 0 Å². The fraction of sp³-hybridized carbons (Fsp3) is 0.556. The summed E-state index contributed by atoms with van der Waals surface area (Å²) in [5.74, 6) is 4.42.